The van der Waals surface area contributed by atoms with E-state index in [1.807, 2.05) is 49.4 Å². The first kappa shape index (κ1) is 16.3. The van der Waals surface area contributed by atoms with E-state index in [4.69, 9.17) is 11.6 Å². The number of halogens is 1. The van der Waals surface area contributed by atoms with Crippen LogP contribution in [0.5, 0.6) is 0 Å². The lowest BCUT2D eigenvalue weighted by molar-refractivity contribution is -0.115. The molecule has 0 fully saturated rings. The average molecular weight is 363 g/mol. The molecule has 0 unspecified atom stereocenters. The van der Waals surface area contributed by atoms with E-state index in [0.717, 1.165) is 21.5 Å². The van der Waals surface area contributed by atoms with Gasteiger partial charge in [-0.1, -0.05) is 47.2 Å². The Bertz CT molecular complexity index is 794. The number of thioether (sulfide) groups is 1. The number of amides is 1. The minimum atomic E-state index is -0.0266. The number of aromatic nitrogens is 1. The Morgan fingerprint density at radius 1 is 1.26 bits per heavy atom. The van der Waals surface area contributed by atoms with Gasteiger partial charge in [0.15, 0.2) is 5.13 Å². The topological polar surface area (TPSA) is 42.0 Å². The Hall–Kier alpha value is -1.56. The maximum Gasteiger partial charge on any atom is 0.226 e. The summed E-state index contributed by atoms with van der Waals surface area (Å²) in [5, 5.41) is 4.14. The van der Waals surface area contributed by atoms with Gasteiger partial charge in [-0.05, 0) is 30.7 Å². The Morgan fingerprint density at radius 3 is 2.78 bits per heavy atom. The fraction of sp³-hybridized carbons (Fsp3) is 0.176. The summed E-state index contributed by atoms with van der Waals surface area (Å²) in [4.78, 5) is 17.7. The number of hydrogen-bond donors (Lipinski definition) is 1. The molecule has 118 valence electrons. The zero-order chi connectivity index (χ0) is 16.2. The van der Waals surface area contributed by atoms with E-state index >= 15 is 0 Å². The third kappa shape index (κ3) is 4.05. The second-order valence-corrected chi connectivity index (χ2v) is 7.60. The van der Waals surface area contributed by atoms with Crippen molar-refractivity contribution in [3.63, 3.8) is 0 Å². The minimum absolute atomic E-state index is 0.0266. The molecule has 2 aromatic carbocycles. The summed E-state index contributed by atoms with van der Waals surface area (Å²) in [5.74, 6) is 0.710. The van der Waals surface area contributed by atoms with Crippen LogP contribution in [0.4, 0.5) is 5.13 Å². The van der Waals surface area contributed by atoms with Gasteiger partial charge >= 0.3 is 0 Å². The summed E-state index contributed by atoms with van der Waals surface area (Å²) in [6.45, 7) is 1.99. The molecule has 0 saturated carbocycles. The number of carbonyl (C=O) groups excluding carboxylic acids is 1. The smallest absolute Gasteiger partial charge is 0.226 e. The van der Waals surface area contributed by atoms with Crippen molar-refractivity contribution in [3.05, 3.63) is 53.1 Å². The third-order valence-electron chi connectivity index (χ3n) is 3.28. The van der Waals surface area contributed by atoms with E-state index in [2.05, 4.69) is 10.3 Å². The highest BCUT2D eigenvalue weighted by molar-refractivity contribution is 7.99. The molecule has 1 heterocycles. The molecule has 0 saturated heterocycles. The minimum Gasteiger partial charge on any atom is -0.302 e. The van der Waals surface area contributed by atoms with Gasteiger partial charge in [-0.2, -0.15) is 0 Å². The summed E-state index contributed by atoms with van der Waals surface area (Å²) < 4.78 is 0.917. The van der Waals surface area contributed by atoms with Crippen LogP contribution in [0.1, 0.15) is 12.0 Å². The van der Waals surface area contributed by atoms with Crippen LogP contribution in [0, 0.1) is 6.92 Å². The number of fused-ring (bicyclic) bond motifs is 1. The van der Waals surface area contributed by atoms with E-state index in [9.17, 15) is 4.79 Å². The fourth-order valence-electron chi connectivity index (χ4n) is 2.12. The zero-order valence-electron chi connectivity index (χ0n) is 12.5. The third-order valence-corrected chi connectivity index (χ3v) is 5.73. The second kappa shape index (κ2) is 7.34. The number of aryl methyl sites for hydroxylation is 1. The van der Waals surface area contributed by atoms with Crippen LogP contribution in [-0.4, -0.2) is 16.6 Å². The van der Waals surface area contributed by atoms with Crippen LogP contribution in [-0.2, 0) is 4.79 Å². The number of anilines is 1. The van der Waals surface area contributed by atoms with Gasteiger partial charge in [0.05, 0.1) is 15.2 Å². The van der Waals surface area contributed by atoms with Gasteiger partial charge in [0.2, 0.25) is 5.91 Å². The normalized spacial score (nSPS) is 10.9. The monoisotopic (exact) mass is 362 g/mol. The van der Waals surface area contributed by atoms with Gasteiger partial charge in [-0.3, -0.25) is 4.79 Å². The first-order chi connectivity index (χ1) is 11.1. The van der Waals surface area contributed by atoms with Crippen LogP contribution in [0.25, 0.3) is 10.2 Å². The number of nitrogens with zero attached hydrogens (tertiary/aromatic N) is 1. The van der Waals surface area contributed by atoms with Crippen molar-refractivity contribution >= 4 is 56.0 Å². The second-order valence-electron chi connectivity index (χ2n) is 5.02. The van der Waals surface area contributed by atoms with Crippen molar-refractivity contribution in [2.75, 3.05) is 11.1 Å². The van der Waals surface area contributed by atoms with Crippen molar-refractivity contribution in [2.45, 2.75) is 18.2 Å². The number of rotatable bonds is 5. The lowest BCUT2D eigenvalue weighted by Gasteiger charge is -2.02. The molecule has 1 N–H and O–H groups in total. The summed E-state index contributed by atoms with van der Waals surface area (Å²) in [6.07, 6.45) is 0.447. The van der Waals surface area contributed by atoms with Crippen molar-refractivity contribution in [1.82, 2.24) is 4.98 Å². The Labute approximate surface area is 148 Å². The van der Waals surface area contributed by atoms with Gasteiger partial charge in [-0.25, -0.2) is 4.98 Å². The van der Waals surface area contributed by atoms with E-state index in [0.29, 0.717) is 16.6 Å². The van der Waals surface area contributed by atoms with Crippen LogP contribution < -0.4 is 5.32 Å². The number of thiazole rings is 1. The SMILES string of the molecule is Cc1ccc(Cl)c2sc(NC(=O)CCSc3ccccc3)nc12. The van der Waals surface area contributed by atoms with Crippen molar-refractivity contribution in [3.8, 4) is 0 Å². The highest BCUT2D eigenvalue weighted by atomic mass is 35.5. The lowest BCUT2D eigenvalue weighted by Crippen LogP contribution is -2.11. The predicted molar refractivity (Wildman–Crippen MR) is 99.8 cm³/mol. The van der Waals surface area contributed by atoms with Crippen molar-refractivity contribution < 1.29 is 4.79 Å². The van der Waals surface area contributed by atoms with E-state index in [1.54, 1.807) is 11.8 Å². The molecule has 0 aliphatic heterocycles. The van der Waals surface area contributed by atoms with Gasteiger partial charge in [0.1, 0.15) is 0 Å². The van der Waals surface area contributed by atoms with Gasteiger partial charge < -0.3 is 5.32 Å². The van der Waals surface area contributed by atoms with Crippen molar-refractivity contribution in [2.24, 2.45) is 0 Å². The highest BCUT2D eigenvalue weighted by Gasteiger charge is 2.11. The van der Waals surface area contributed by atoms with E-state index in [1.165, 1.54) is 16.2 Å². The predicted octanol–water partition coefficient (Wildman–Crippen LogP) is 5.38. The fourth-order valence-corrected chi connectivity index (χ4v) is 4.22. The molecular formula is C17H15ClN2OS2. The van der Waals surface area contributed by atoms with Crippen LogP contribution in [0.2, 0.25) is 5.02 Å². The lowest BCUT2D eigenvalue weighted by atomic mass is 10.2. The number of hydrogen-bond acceptors (Lipinski definition) is 4. The van der Waals surface area contributed by atoms with E-state index in [-0.39, 0.29) is 5.91 Å². The molecule has 6 heteroatoms. The molecule has 1 aromatic heterocycles. The molecule has 3 rings (SSSR count). The molecule has 1 amide bonds. The molecule has 0 spiro atoms. The van der Waals surface area contributed by atoms with E-state index < -0.39 is 0 Å². The number of benzene rings is 2. The number of nitrogens with one attached hydrogen (secondary N) is 1. The molecule has 0 aliphatic carbocycles. The molecule has 0 atom stereocenters. The van der Waals surface area contributed by atoms with Gasteiger partial charge in [0.25, 0.3) is 0 Å². The maximum atomic E-state index is 12.1. The quantitative estimate of drug-likeness (QED) is 0.619. The average Bonchev–Trinajstić information content (AvgIpc) is 2.97. The summed E-state index contributed by atoms with van der Waals surface area (Å²) in [5.41, 5.74) is 1.91. The molecular weight excluding hydrogens is 348 g/mol. The molecule has 0 bridgehead atoms. The molecule has 0 radical (unpaired) electrons. The number of carbonyl (C=O) groups is 1. The molecule has 3 aromatic rings. The van der Waals surface area contributed by atoms with Crippen LogP contribution >= 0.6 is 34.7 Å². The molecule has 3 nitrogen and oxygen atoms in total. The summed E-state index contributed by atoms with van der Waals surface area (Å²) in [6, 6.07) is 13.9. The van der Waals surface area contributed by atoms with Crippen molar-refractivity contribution in [1.29, 1.82) is 0 Å². The van der Waals surface area contributed by atoms with Gasteiger partial charge in [-0.15, -0.1) is 11.8 Å². The zero-order valence-corrected chi connectivity index (χ0v) is 14.9. The molecule has 0 aliphatic rings. The Morgan fingerprint density at radius 2 is 2.04 bits per heavy atom. The molecule has 23 heavy (non-hydrogen) atoms. The van der Waals surface area contributed by atoms with Crippen LogP contribution in [0.15, 0.2) is 47.4 Å². The van der Waals surface area contributed by atoms with Crippen LogP contribution in [0.3, 0.4) is 0 Å². The Kier molecular flexibility index (Phi) is 5.20. The Balaban J connectivity index is 1.60. The largest absolute Gasteiger partial charge is 0.302 e. The first-order valence-electron chi connectivity index (χ1n) is 7.17. The highest BCUT2D eigenvalue weighted by Crippen LogP contribution is 2.33. The standard InChI is InChI=1S/C17H15ClN2OS2/c1-11-7-8-13(18)16-15(11)20-17(23-16)19-14(21)9-10-22-12-5-3-2-4-6-12/h2-8H,9-10H2,1H3,(H,19,20,21). The van der Waals surface area contributed by atoms with Gasteiger partial charge in [0, 0.05) is 17.1 Å². The maximum absolute atomic E-state index is 12.1. The summed E-state index contributed by atoms with van der Waals surface area (Å²) in [7, 11) is 0. The summed E-state index contributed by atoms with van der Waals surface area (Å²) >= 11 is 9.27. The first-order valence-corrected chi connectivity index (χ1v) is 9.35.